The summed E-state index contributed by atoms with van der Waals surface area (Å²) < 4.78 is 20.7. The van der Waals surface area contributed by atoms with Crippen LogP contribution in [0.4, 0.5) is 9.59 Å². The van der Waals surface area contributed by atoms with Gasteiger partial charge < -0.3 is 34.1 Å². The van der Waals surface area contributed by atoms with Gasteiger partial charge in [0.05, 0.1) is 53.9 Å². The molecule has 6 rings (SSSR count). The van der Waals surface area contributed by atoms with Crippen molar-refractivity contribution in [3.63, 3.8) is 0 Å². The number of halogens is 2. The van der Waals surface area contributed by atoms with Crippen molar-refractivity contribution >= 4 is 55.3 Å². The molecule has 15 nitrogen and oxygen atoms in total. The maximum atomic E-state index is 13.6. The van der Waals surface area contributed by atoms with Crippen LogP contribution in [-0.2, 0) is 34.1 Å². The summed E-state index contributed by atoms with van der Waals surface area (Å²) in [6, 6.07) is 17.6. The fraction of sp³-hybridized carbons (Fsp3) is 0.435. The number of pyridine rings is 1. The Balaban J connectivity index is 1.27. The molecule has 1 atom stereocenters. The average molecular weight is 935 g/mol. The summed E-state index contributed by atoms with van der Waals surface area (Å²) in [6.45, 7) is 16.6. The summed E-state index contributed by atoms with van der Waals surface area (Å²) in [7, 11) is 1.14. The minimum atomic E-state index is -2.09. The number of ether oxygens (including phenoxy) is 2. The van der Waals surface area contributed by atoms with Crippen LogP contribution in [0.2, 0.25) is 28.2 Å². The van der Waals surface area contributed by atoms with Crippen molar-refractivity contribution in [1.29, 1.82) is 0 Å². The van der Waals surface area contributed by atoms with E-state index in [-0.39, 0.29) is 61.2 Å². The lowest BCUT2D eigenvalue weighted by molar-refractivity contribution is -0.119. The molecular weight excluding hydrogens is 878 g/mol. The van der Waals surface area contributed by atoms with Gasteiger partial charge in [-0.05, 0) is 57.5 Å². The summed E-state index contributed by atoms with van der Waals surface area (Å²) >= 11 is 14.4. The van der Waals surface area contributed by atoms with E-state index in [0.29, 0.717) is 73.4 Å². The Labute approximate surface area is 384 Å². The molecule has 3 amide bonds. The first-order valence-corrected chi connectivity index (χ1v) is 24.7. The standard InChI is InChI=1S/C46H57Cl2N7O8Si/c1-45(2,3)63-44(60)54(26-29-18-20-38(56)50-29)25-28-17-19-35(51-42(28)61-8)33-15-11-13-31(40(33)47)32-14-12-16-34(41(32)48)36-24-37-49-30(23-39(57)55(37)52(36)7)27-53(43(58)59)21-22-62-64(9,10)46(4,5)6/h11-17,19,23-24,29H,18,20-22,25-27H2,1-10H3,(H,50,56)(H,58,59). The smallest absolute Gasteiger partial charge is 0.410 e. The van der Waals surface area contributed by atoms with Crippen LogP contribution >= 0.6 is 23.2 Å². The SMILES string of the molecule is COc1nc(-c2cccc(-c3cccc(-c4cc5nc(CN(CCO[Si](C)(C)C(C)(C)C)C(=O)O)cc(=O)n5n4C)c3Cl)c2Cl)ccc1CN(CC1CCC(=O)N1)C(=O)OC(C)(C)C. The molecule has 1 unspecified atom stereocenters. The van der Waals surface area contributed by atoms with Gasteiger partial charge in [-0.15, -0.1) is 0 Å². The molecule has 2 aromatic carbocycles. The van der Waals surface area contributed by atoms with Gasteiger partial charge in [-0.3, -0.25) is 14.3 Å². The second-order valence-electron chi connectivity index (χ2n) is 18.5. The van der Waals surface area contributed by atoms with Crippen LogP contribution in [0.15, 0.2) is 65.5 Å². The summed E-state index contributed by atoms with van der Waals surface area (Å²) in [5.41, 5.74) is 3.75. The molecular formula is C46H57Cl2N7O8Si. The fourth-order valence-electron chi connectivity index (χ4n) is 7.27. The molecule has 4 heterocycles. The van der Waals surface area contributed by atoms with Crippen molar-refractivity contribution in [2.75, 3.05) is 26.8 Å². The van der Waals surface area contributed by atoms with Gasteiger partial charge in [-0.1, -0.05) is 80.4 Å². The van der Waals surface area contributed by atoms with Crippen LogP contribution in [0.1, 0.15) is 65.6 Å². The largest absolute Gasteiger partial charge is 0.481 e. The molecule has 18 heteroatoms. The number of carbonyl (C=O) groups excluding carboxylic acids is 2. The highest BCUT2D eigenvalue weighted by atomic mass is 35.5. The van der Waals surface area contributed by atoms with E-state index in [9.17, 15) is 24.3 Å². The Hall–Kier alpha value is -5.42. The zero-order valence-electron chi connectivity index (χ0n) is 38.0. The number of benzene rings is 2. The molecule has 1 saturated heterocycles. The number of fused-ring (bicyclic) bond motifs is 1. The van der Waals surface area contributed by atoms with Crippen molar-refractivity contribution in [3.05, 3.63) is 92.3 Å². The van der Waals surface area contributed by atoms with Gasteiger partial charge in [0.2, 0.25) is 11.8 Å². The second-order valence-corrected chi connectivity index (χ2v) is 24.1. The normalized spacial score (nSPS) is 14.4. The topological polar surface area (TPSA) is 170 Å². The van der Waals surface area contributed by atoms with Crippen LogP contribution in [0, 0.1) is 0 Å². The molecule has 2 N–H and O–H groups in total. The first-order valence-electron chi connectivity index (χ1n) is 21.1. The number of carboxylic acid groups (broad SMARTS) is 1. The zero-order valence-corrected chi connectivity index (χ0v) is 40.6. The number of rotatable bonds is 14. The molecule has 0 radical (unpaired) electrons. The first-order chi connectivity index (χ1) is 30.0. The van der Waals surface area contributed by atoms with E-state index in [1.165, 1.54) is 22.6 Å². The van der Waals surface area contributed by atoms with Crippen molar-refractivity contribution in [3.8, 4) is 39.5 Å². The van der Waals surface area contributed by atoms with Gasteiger partial charge in [0.25, 0.3) is 5.56 Å². The van der Waals surface area contributed by atoms with Crippen LogP contribution in [-0.4, -0.2) is 98.9 Å². The molecule has 1 fully saturated rings. The van der Waals surface area contributed by atoms with Crippen molar-refractivity contribution in [2.45, 2.75) is 97.2 Å². The first kappa shape index (κ1) is 48.0. The van der Waals surface area contributed by atoms with Crippen LogP contribution in [0.25, 0.3) is 39.3 Å². The molecule has 0 aliphatic carbocycles. The van der Waals surface area contributed by atoms with Crippen LogP contribution < -0.4 is 15.6 Å². The molecule has 5 aromatic rings. The predicted molar refractivity (Wildman–Crippen MR) is 251 cm³/mol. The highest BCUT2D eigenvalue weighted by Crippen LogP contribution is 2.43. The number of nitrogens with one attached hydrogen (secondary N) is 1. The van der Waals surface area contributed by atoms with E-state index in [0.717, 1.165) is 0 Å². The van der Waals surface area contributed by atoms with Crippen molar-refractivity contribution < 1.29 is 33.4 Å². The number of aromatic nitrogens is 4. The number of hydrogen-bond acceptors (Lipinski definition) is 9. The predicted octanol–water partition coefficient (Wildman–Crippen LogP) is 9.26. The number of carbonyl (C=O) groups is 3. The molecule has 64 heavy (non-hydrogen) atoms. The molecule has 1 aliphatic rings. The molecule has 342 valence electrons. The van der Waals surface area contributed by atoms with Crippen molar-refractivity contribution in [2.24, 2.45) is 7.05 Å². The number of amides is 3. The summed E-state index contributed by atoms with van der Waals surface area (Å²) in [5, 5.41) is 13.7. The van der Waals surface area contributed by atoms with E-state index in [1.54, 1.807) is 49.5 Å². The summed E-state index contributed by atoms with van der Waals surface area (Å²) in [5.74, 6) is 0.237. The Kier molecular flexibility index (Phi) is 14.2. The highest BCUT2D eigenvalue weighted by molar-refractivity contribution is 6.74. The molecule has 0 spiro atoms. The number of nitrogens with zero attached hydrogens (tertiary/aromatic N) is 6. The van der Waals surface area contributed by atoms with Gasteiger partial charge in [-0.2, -0.15) is 4.52 Å². The van der Waals surface area contributed by atoms with Crippen molar-refractivity contribution in [1.82, 2.24) is 34.3 Å². The molecule has 1 aliphatic heterocycles. The fourth-order valence-corrected chi connectivity index (χ4v) is 8.95. The maximum Gasteiger partial charge on any atom is 0.410 e. The van der Waals surface area contributed by atoms with E-state index >= 15 is 0 Å². The summed E-state index contributed by atoms with van der Waals surface area (Å²) in [6.07, 6.45) is -0.649. The van der Waals surface area contributed by atoms with Crippen LogP contribution in [0.5, 0.6) is 5.88 Å². The minimum Gasteiger partial charge on any atom is -0.481 e. The lowest BCUT2D eigenvalue weighted by atomic mass is 9.98. The van der Waals surface area contributed by atoms with Gasteiger partial charge in [0.1, 0.15) is 5.60 Å². The van der Waals surface area contributed by atoms with E-state index in [1.807, 2.05) is 42.5 Å². The number of hydrogen-bond donors (Lipinski definition) is 2. The molecule has 3 aromatic heterocycles. The summed E-state index contributed by atoms with van der Waals surface area (Å²) in [4.78, 5) is 63.4. The third kappa shape index (κ3) is 10.7. The lowest BCUT2D eigenvalue weighted by Gasteiger charge is -2.36. The van der Waals surface area contributed by atoms with E-state index < -0.39 is 26.1 Å². The maximum absolute atomic E-state index is 13.6. The van der Waals surface area contributed by atoms with Gasteiger partial charge in [-0.25, -0.2) is 19.6 Å². The molecule has 0 saturated carbocycles. The quantitative estimate of drug-likeness (QED) is 0.102. The van der Waals surface area contributed by atoms with Gasteiger partial charge in [0, 0.05) is 72.5 Å². The minimum absolute atomic E-state index is 0.0264. The lowest BCUT2D eigenvalue weighted by Crippen LogP contribution is -2.43. The van der Waals surface area contributed by atoms with E-state index in [2.05, 4.69) is 39.2 Å². The van der Waals surface area contributed by atoms with Crippen LogP contribution in [0.3, 0.4) is 0 Å². The Morgan fingerprint density at radius 2 is 1.55 bits per heavy atom. The number of aryl methyl sites for hydroxylation is 1. The van der Waals surface area contributed by atoms with Gasteiger partial charge >= 0.3 is 12.2 Å². The number of methoxy groups -OCH3 is 1. The molecule has 0 bridgehead atoms. The Bertz CT molecular complexity index is 2640. The Morgan fingerprint density at radius 3 is 2.14 bits per heavy atom. The average Bonchev–Trinajstić information content (AvgIpc) is 3.77. The third-order valence-corrected chi connectivity index (χ3v) is 17.0. The monoisotopic (exact) mass is 933 g/mol. The third-order valence-electron chi connectivity index (χ3n) is 11.7. The zero-order chi connectivity index (χ0) is 46.9. The Morgan fingerprint density at radius 1 is 0.906 bits per heavy atom. The van der Waals surface area contributed by atoms with Gasteiger partial charge in [0.15, 0.2) is 14.0 Å². The highest BCUT2D eigenvalue weighted by Gasteiger charge is 2.37. The second kappa shape index (κ2) is 19.0. The van der Waals surface area contributed by atoms with E-state index in [4.69, 9.17) is 47.1 Å².